The molecule has 1 heterocycles. The molecule has 0 aliphatic carbocycles. The summed E-state index contributed by atoms with van der Waals surface area (Å²) in [6.07, 6.45) is 3.87. The summed E-state index contributed by atoms with van der Waals surface area (Å²) in [5.74, 6) is -0.625. The second kappa shape index (κ2) is 14.3. The van der Waals surface area contributed by atoms with E-state index < -0.39 is 12.1 Å². The van der Waals surface area contributed by atoms with Gasteiger partial charge in [-0.3, -0.25) is 19.3 Å². The quantitative estimate of drug-likeness (QED) is 0.394. The number of nitrogens with zero attached hydrogens (tertiary/aromatic N) is 2. The van der Waals surface area contributed by atoms with Crippen LogP contribution in [0.2, 0.25) is 0 Å². The van der Waals surface area contributed by atoms with Crippen LogP contribution in [0.4, 0.5) is 0 Å². The largest absolute Gasteiger partial charge is 0.387 e. The number of carbonyl (C=O) groups excluding carboxylic acids is 3. The van der Waals surface area contributed by atoms with Crippen LogP contribution in [0.5, 0.6) is 0 Å². The van der Waals surface area contributed by atoms with Gasteiger partial charge in [0.2, 0.25) is 17.7 Å². The van der Waals surface area contributed by atoms with Crippen LogP contribution in [0.15, 0.2) is 42.0 Å². The molecule has 2 unspecified atom stereocenters. The Hall–Kier alpha value is -2.71. The van der Waals surface area contributed by atoms with Crippen molar-refractivity contribution in [2.45, 2.75) is 78.1 Å². The van der Waals surface area contributed by atoms with Crippen molar-refractivity contribution in [1.29, 1.82) is 0 Å². The lowest BCUT2D eigenvalue weighted by atomic mass is 9.96. The van der Waals surface area contributed by atoms with E-state index in [0.717, 1.165) is 31.4 Å². The van der Waals surface area contributed by atoms with Crippen molar-refractivity contribution in [1.82, 2.24) is 20.4 Å². The first-order chi connectivity index (χ1) is 17.4. The number of piperidine rings is 1. The van der Waals surface area contributed by atoms with Gasteiger partial charge in [-0.15, -0.1) is 0 Å². The van der Waals surface area contributed by atoms with E-state index in [-0.39, 0.29) is 48.2 Å². The predicted molar refractivity (Wildman–Crippen MR) is 147 cm³/mol. The van der Waals surface area contributed by atoms with Gasteiger partial charge in [-0.2, -0.15) is 0 Å². The molecule has 206 valence electrons. The van der Waals surface area contributed by atoms with Gasteiger partial charge in [-0.25, -0.2) is 0 Å². The smallest absolute Gasteiger partial charge is 0.246 e. The highest BCUT2D eigenvalue weighted by atomic mass is 16.3. The summed E-state index contributed by atoms with van der Waals surface area (Å²) in [7, 11) is 3.68. The molecule has 0 bridgehead atoms. The molecule has 0 saturated carbocycles. The molecule has 4 atom stereocenters. The van der Waals surface area contributed by atoms with E-state index in [4.69, 9.17) is 0 Å². The van der Waals surface area contributed by atoms with Crippen molar-refractivity contribution in [2.24, 2.45) is 11.8 Å². The average Bonchev–Trinajstić information content (AvgIpc) is 2.88. The van der Waals surface area contributed by atoms with E-state index >= 15 is 0 Å². The number of likely N-dealkylation sites (tertiary alicyclic amines) is 1. The third-order valence-corrected chi connectivity index (χ3v) is 7.20. The summed E-state index contributed by atoms with van der Waals surface area (Å²) < 4.78 is 0. The van der Waals surface area contributed by atoms with Crippen molar-refractivity contribution in [2.75, 3.05) is 27.2 Å². The van der Waals surface area contributed by atoms with E-state index in [2.05, 4.69) is 15.5 Å². The zero-order valence-electron chi connectivity index (χ0n) is 23.5. The minimum atomic E-state index is -0.804. The molecule has 8 heteroatoms. The minimum absolute atomic E-state index is 0.0413. The first-order valence-electron chi connectivity index (χ1n) is 13.4. The Balaban J connectivity index is 2.08. The molecule has 1 fully saturated rings. The fourth-order valence-electron chi connectivity index (χ4n) is 4.74. The van der Waals surface area contributed by atoms with Crippen molar-refractivity contribution in [3.05, 3.63) is 47.5 Å². The zero-order valence-corrected chi connectivity index (χ0v) is 23.5. The van der Waals surface area contributed by atoms with Gasteiger partial charge in [0.15, 0.2) is 0 Å². The molecule has 0 radical (unpaired) electrons. The highest BCUT2D eigenvalue weighted by molar-refractivity contribution is 5.93. The fourth-order valence-corrected chi connectivity index (χ4v) is 4.74. The molecule has 37 heavy (non-hydrogen) atoms. The first-order valence-corrected chi connectivity index (χ1v) is 13.4. The number of aliphatic hydroxyl groups is 1. The Kier molecular flexibility index (Phi) is 11.8. The van der Waals surface area contributed by atoms with Crippen LogP contribution >= 0.6 is 0 Å². The van der Waals surface area contributed by atoms with Crippen molar-refractivity contribution < 1.29 is 19.5 Å². The van der Waals surface area contributed by atoms with Gasteiger partial charge in [0.05, 0.1) is 18.2 Å². The standard InChI is InChI=1S/C29H46N4O4/c1-19(2)24(17-21(5)27(35)30-18-25(34)22-13-9-8-10-14-22)33(7)29(37)26(20(3)4)31-28(36)23-15-11-12-16-32(23)6/h8-10,13-14,17,19-20,23-26,34H,11-12,15-16,18H2,1-7H3,(H,30,35)(H,31,36)/b21-17+/t23?,24-,25-,26?/m1/s1. The van der Waals surface area contributed by atoms with Gasteiger partial charge in [0, 0.05) is 19.2 Å². The molecule has 2 rings (SSSR count). The molecule has 8 nitrogen and oxygen atoms in total. The molecule has 1 aliphatic rings. The number of hydrogen-bond acceptors (Lipinski definition) is 5. The molecular weight excluding hydrogens is 468 g/mol. The van der Waals surface area contributed by atoms with Crippen LogP contribution in [0.25, 0.3) is 0 Å². The zero-order chi connectivity index (χ0) is 27.7. The Morgan fingerprint density at radius 1 is 1.11 bits per heavy atom. The highest BCUT2D eigenvalue weighted by Gasteiger charge is 2.34. The van der Waals surface area contributed by atoms with Gasteiger partial charge in [-0.05, 0) is 50.8 Å². The lowest BCUT2D eigenvalue weighted by Crippen LogP contribution is -2.57. The molecular formula is C29H46N4O4. The number of amides is 3. The lowest BCUT2D eigenvalue weighted by molar-refractivity contribution is -0.139. The number of hydrogen-bond donors (Lipinski definition) is 3. The van der Waals surface area contributed by atoms with Crippen molar-refractivity contribution >= 4 is 17.7 Å². The third kappa shape index (κ3) is 8.68. The molecule has 1 saturated heterocycles. The highest BCUT2D eigenvalue weighted by Crippen LogP contribution is 2.19. The van der Waals surface area contributed by atoms with Crippen LogP contribution in [-0.2, 0) is 14.4 Å². The molecule has 3 N–H and O–H groups in total. The summed E-state index contributed by atoms with van der Waals surface area (Å²) in [5.41, 5.74) is 1.20. The number of rotatable bonds is 11. The first kappa shape index (κ1) is 30.5. The Morgan fingerprint density at radius 3 is 2.32 bits per heavy atom. The SMILES string of the molecule is C/C(=C\[C@H](C(C)C)N(C)C(=O)C(NC(=O)C1CCCCN1C)C(C)C)C(=O)NC[C@@H](O)c1ccccc1. The molecule has 1 aromatic rings. The number of carbonyl (C=O) groups is 3. The third-order valence-electron chi connectivity index (χ3n) is 7.20. The normalized spacial score (nSPS) is 19.3. The van der Waals surface area contributed by atoms with E-state index in [1.165, 1.54) is 0 Å². The number of nitrogens with one attached hydrogen (secondary N) is 2. The van der Waals surface area contributed by atoms with E-state index in [1.807, 2.05) is 65.1 Å². The van der Waals surface area contributed by atoms with Gasteiger partial charge in [0.25, 0.3) is 0 Å². The Bertz CT molecular complexity index is 931. The number of likely N-dealkylation sites (N-methyl/N-ethyl adjacent to an activating group) is 2. The van der Waals surface area contributed by atoms with Crippen molar-refractivity contribution in [3.8, 4) is 0 Å². The van der Waals surface area contributed by atoms with Gasteiger partial charge < -0.3 is 20.6 Å². The van der Waals surface area contributed by atoms with Crippen LogP contribution < -0.4 is 10.6 Å². The fraction of sp³-hybridized carbons (Fsp3) is 0.621. The molecule has 0 aromatic heterocycles. The average molecular weight is 515 g/mol. The summed E-state index contributed by atoms with van der Waals surface area (Å²) in [5, 5.41) is 16.1. The Morgan fingerprint density at radius 2 is 1.76 bits per heavy atom. The van der Waals surface area contributed by atoms with Crippen LogP contribution in [0.1, 0.15) is 65.5 Å². The maximum atomic E-state index is 13.6. The molecule has 1 aliphatic heterocycles. The Labute approximate surface area is 222 Å². The van der Waals surface area contributed by atoms with Crippen LogP contribution in [0.3, 0.4) is 0 Å². The number of benzene rings is 1. The van der Waals surface area contributed by atoms with E-state index in [9.17, 15) is 19.5 Å². The molecule has 1 aromatic carbocycles. The summed E-state index contributed by atoms with van der Waals surface area (Å²) >= 11 is 0. The lowest BCUT2D eigenvalue weighted by Gasteiger charge is -2.36. The maximum Gasteiger partial charge on any atom is 0.246 e. The van der Waals surface area contributed by atoms with Gasteiger partial charge >= 0.3 is 0 Å². The topological polar surface area (TPSA) is 102 Å². The molecule has 0 spiro atoms. The maximum absolute atomic E-state index is 13.6. The minimum Gasteiger partial charge on any atom is -0.387 e. The summed E-state index contributed by atoms with van der Waals surface area (Å²) in [6, 6.07) is 7.96. The summed E-state index contributed by atoms with van der Waals surface area (Å²) in [4.78, 5) is 43.1. The number of aliphatic hydroxyl groups excluding tert-OH is 1. The van der Waals surface area contributed by atoms with Crippen LogP contribution in [-0.4, -0.2) is 77.9 Å². The van der Waals surface area contributed by atoms with Crippen LogP contribution in [0, 0.1) is 11.8 Å². The van der Waals surface area contributed by atoms with Crippen molar-refractivity contribution in [3.63, 3.8) is 0 Å². The second-order valence-electron chi connectivity index (χ2n) is 10.9. The summed E-state index contributed by atoms with van der Waals surface area (Å²) in [6.45, 7) is 10.5. The van der Waals surface area contributed by atoms with Gasteiger partial charge in [0.1, 0.15) is 6.04 Å². The molecule has 3 amide bonds. The predicted octanol–water partition coefficient (Wildman–Crippen LogP) is 2.89. The monoisotopic (exact) mass is 514 g/mol. The van der Waals surface area contributed by atoms with Gasteiger partial charge in [-0.1, -0.05) is 70.5 Å². The van der Waals surface area contributed by atoms with E-state index in [0.29, 0.717) is 5.57 Å². The second-order valence-corrected chi connectivity index (χ2v) is 10.9. The van der Waals surface area contributed by atoms with E-state index in [1.54, 1.807) is 24.9 Å².